The summed E-state index contributed by atoms with van der Waals surface area (Å²) in [7, 11) is 0. The highest BCUT2D eigenvalue weighted by atomic mass is 16.6. The van der Waals surface area contributed by atoms with Crippen molar-refractivity contribution in [2.75, 3.05) is 13.2 Å². The van der Waals surface area contributed by atoms with Gasteiger partial charge in [-0.3, -0.25) is 14.4 Å². The van der Waals surface area contributed by atoms with Crippen LogP contribution in [0.4, 0.5) is 0 Å². The summed E-state index contributed by atoms with van der Waals surface area (Å²) in [5.74, 6) is -1.06. The number of hydrogen-bond donors (Lipinski definition) is 0. The number of carbonyl (C=O) groups is 3. The van der Waals surface area contributed by atoms with Gasteiger partial charge in [-0.05, 0) is 103 Å². The van der Waals surface area contributed by atoms with Gasteiger partial charge in [0.1, 0.15) is 13.2 Å². The van der Waals surface area contributed by atoms with Gasteiger partial charge in [-0.15, -0.1) is 0 Å². The maximum absolute atomic E-state index is 12.7. The maximum Gasteiger partial charge on any atom is 0.306 e. The van der Waals surface area contributed by atoms with Crippen LogP contribution < -0.4 is 0 Å². The van der Waals surface area contributed by atoms with Crippen molar-refractivity contribution in [3.63, 3.8) is 0 Å². The molecule has 0 amide bonds. The third-order valence-electron chi connectivity index (χ3n) is 10.1. The van der Waals surface area contributed by atoms with E-state index in [-0.39, 0.29) is 38.0 Å². The minimum absolute atomic E-state index is 0.121. The van der Waals surface area contributed by atoms with Gasteiger partial charge in [0.05, 0.1) is 0 Å². The highest BCUT2D eigenvalue weighted by Gasteiger charge is 2.19. The fourth-order valence-corrected chi connectivity index (χ4v) is 6.36. The standard InChI is InChI=1S/C54H90O6/c1-4-7-10-13-16-19-22-25-26-27-28-30-32-35-38-41-44-47-53(56)59-50-51(49-58-52(55)46-43-40-37-34-31-24-21-18-15-12-9-6-3)60-54(57)48-45-42-39-36-33-29-23-20-17-14-11-8-5-2/h16,18-19,21,25-26,28-30,33,35,38-39,42,51H,4-15,17,20,22-24,27,31-32,34,36-37,40-41,43-50H2,1-3H3/b19-16-,21-18-,26-25-,30-28-,33-29-,38-35-,42-39-. The molecule has 1 atom stereocenters. The molecule has 0 saturated carbocycles. The van der Waals surface area contributed by atoms with Crippen LogP contribution in [0.5, 0.6) is 0 Å². The summed E-state index contributed by atoms with van der Waals surface area (Å²) in [6, 6.07) is 0. The molecular formula is C54H90O6. The Hall–Kier alpha value is -3.41. The fraction of sp³-hybridized carbons (Fsp3) is 0.685. The Morgan fingerprint density at radius 3 is 1.12 bits per heavy atom. The minimum atomic E-state index is -0.831. The first kappa shape index (κ1) is 56.6. The third kappa shape index (κ3) is 45.7. The fourth-order valence-electron chi connectivity index (χ4n) is 6.36. The Morgan fingerprint density at radius 2 is 0.650 bits per heavy atom. The van der Waals surface area contributed by atoms with Gasteiger partial charge in [0, 0.05) is 19.3 Å². The third-order valence-corrected chi connectivity index (χ3v) is 10.1. The van der Waals surface area contributed by atoms with Crippen LogP contribution in [0.2, 0.25) is 0 Å². The van der Waals surface area contributed by atoms with E-state index in [4.69, 9.17) is 14.2 Å². The number of allylic oxidation sites excluding steroid dienone is 14. The van der Waals surface area contributed by atoms with Crippen molar-refractivity contribution in [2.45, 2.75) is 226 Å². The molecule has 0 aromatic carbocycles. The summed E-state index contributed by atoms with van der Waals surface area (Å²) in [5, 5.41) is 0. The summed E-state index contributed by atoms with van der Waals surface area (Å²) in [4.78, 5) is 37.8. The first-order valence-electron chi connectivity index (χ1n) is 24.6. The van der Waals surface area contributed by atoms with Crippen LogP contribution in [0.1, 0.15) is 220 Å². The molecule has 0 aliphatic rings. The predicted molar refractivity (Wildman–Crippen MR) is 256 cm³/mol. The van der Waals surface area contributed by atoms with Crippen molar-refractivity contribution in [1.82, 2.24) is 0 Å². The lowest BCUT2D eigenvalue weighted by atomic mass is 10.1. The lowest BCUT2D eigenvalue weighted by Gasteiger charge is -2.18. The highest BCUT2D eigenvalue weighted by Crippen LogP contribution is 2.11. The highest BCUT2D eigenvalue weighted by molar-refractivity contribution is 5.71. The van der Waals surface area contributed by atoms with Crippen LogP contribution in [-0.2, 0) is 28.6 Å². The Morgan fingerprint density at radius 1 is 0.333 bits per heavy atom. The molecule has 60 heavy (non-hydrogen) atoms. The smallest absolute Gasteiger partial charge is 0.306 e. The molecule has 0 fully saturated rings. The van der Waals surface area contributed by atoms with Crippen molar-refractivity contribution < 1.29 is 28.6 Å². The second kappa shape index (κ2) is 48.3. The Labute approximate surface area is 369 Å². The molecule has 6 heteroatoms. The van der Waals surface area contributed by atoms with Crippen molar-refractivity contribution in [1.29, 1.82) is 0 Å². The quantitative estimate of drug-likeness (QED) is 0.0263. The topological polar surface area (TPSA) is 78.9 Å². The molecule has 0 saturated heterocycles. The van der Waals surface area contributed by atoms with Gasteiger partial charge in [0.2, 0.25) is 0 Å². The van der Waals surface area contributed by atoms with E-state index in [0.717, 1.165) is 70.6 Å². The van der Waals surface area contributed by atoms with Crippen molar-refractivity contribution in [3.8, 4) is 0 Å². The molecule has 0 spiro atoms. The SMILES string of the molecule is CCCCC/C=C\C/C=C\C/C=C\C/C=C\CCCC(=O)OCC(COC(=O)CCCCCCC/C=C\CCCCC)OC(=O)CC/C=C\C/C=C\CCCCCCCC. The van der Waals surface area contributed by atoms with E-state index in [0.29, 0.717) is 19.3 Å². The molecule has 342 valence electrons. The van der Waals surface area contributed by atoms with E-state index in [1.54, 1.807) is 0 Å². The average molecular weight is 835 g/mol. The van der Waals surface area contributed by atoms with E-state index < -0.39 is 12.1 Å². The minimum Gasteiger partial charge on any atom is -0.462 e. The van der Waals surface area contributed by atoms with Gasteiger partial charge in [0.25, 0.3) is 0 Å². The molecule has 6 nitrogen and oxygen atoms in total. The predicted octanol–water partition coefficient (Wildman–Crippen LogP) is 16.0. The van der Waals surface area contributed by atoms with Gasteiger partial charge in [0.15, 0.2) is 6.10 Å². The summed E-state index contributed by atoms with van der Waals surface area (Å²) >= 11 is 0. The zero-order valence-corrected chi connectivity index (χ0v) is 38.9. The van der Waals surface area contributed by atoms with Crippen LogP contribution in [0.15, 0.2) is 85.1 Å². The molecule has 0 N–H and O–H groups in total. The van der Waals surface area contributed by atoms with E-state index in [1.807, 2.05) is 6.08 Å². The number of esters is 3. The lowest BCUT2D eigenvalue weighted by Crippen LogP contribution is -2.30. The van der Waals surface area contributed by atoms with E-state index in [1.165, 1.54) is 96.3 Å². The van der Waals surface area contributed by atoms with Crippen LogP contribution >= 0.6 is 0 Å². The Balaban J connectivity index is 4.55. The number of unbranched alkanes of at least 4 members (excludes halogenated alkanes) is 18. The summed E-state index contributed by atoms with van der Waals surface area (Å²) in [6.07, 6.45) is 61.5. The molecule has 1 unspecified atom stereocenters. The Kier molecular flexibility index (Phi) is 45.5. The molecule has 0 bridgehead atoms. The number of hydrogen-bond acceptors (Lipinski definition) is 6. The molecule has 0 aromatic rings. The second-order valence-corrected chi connectivity index (χ2v) is 16.0. The summed E-state index contributed by atoms with van der Waals surface area (Å²) < 4.78 is 16.6. The van der Waals surface area contributed by atoms with E-state index in [9.17, 15) is 14.4 Å². The molecular weight excluding hydrogens is 745 g/mol. The summed E-state index contributed by atoms with van der Waals surface area (Å²) in [5.41, 5.74) is 0. The zero-order valence-electron chi connectivity index (χ0n) is 38.9. The van der Waals surface area contributed by atoms with Gasteiger partial charge in [-0.25, -0.2) is 0 Å². The molecule has 0 rings (SSSR count). The normalized spacial score (nSPS) is 12.8. The van der Waals surface area contributed by atoms with Crippen molar-refractivity contribution in [3.05, 3.63) is 85.1 Å². The number of ether oxygens (including phenoxy) is 3. The molecule has 0 aliphatic carbocycles. The van der Waals surface area contributed by atoms with Crippen LogP contribution in [0, 0.1) is 0 Å². The Bertz CT molecular complexity index is 1190. The maximum atomic E-state index is 12.7. The lowest BCUT2D eigenvalue weighted by molar-refractivity contribution is -0.166. The first-order chi connectivity index (χ1) is 29.5. The number of rotatable bonds is 43. The van der Waals surface area contributed by atoms with Crippen LogP contribution in [0.25, 0.3) is 0 Å². The van der Waals surface area contributed by atoms with Crippen molar-refractivity contribution in [2.24, 2.45) is 0 Å². The first-order valence-corrected chi connectivity index (χ1v) is 24.6. The second-order valence-electron chi connectivity index (χ2n) is 16.0. The van der Waals surface area contributed by atoms with E-state index >= 15 is 0 Å². The molecule has 0 aliphatic heterocycles. The van der Waals surface area contributed by atoms with E-state index in [2.05, 4.69) is 99.8 Å². The van der Waals surface area contributed by atoms with Gasteiger partial charge < -0.3 is 14.2 Å². The molecule has 0 aromatic heterocycles. The molecule has 0 radical (unpaired) electrons. The number of carbonyl (C=O) groups excluding carboxylic acids is 3. The largest absolute Gasteiger partial charge is 0.462 e. The zero-order chi connectivity index (χ0) is 43.7. The van der Waals surface area contributed by atoms with Crippen molar-refractivity contribution >= 4 is 17.9 Å². The summed E-state index contributed by atoms with van der Waals surface area (Å²) in [6.45, 7) is 6.45. The monoisotopic (exact) mass is 835 g/mol. The van der Waals surface area contributed by atoms with Gasteiger partial charge in [-0.1, -0.05) is 183 Å². The van der Waals surface area contributed by atoms with Crippen LogP contribution in [0.3, 0.4) is 0 Å². The van der Waals surface area contributed by atoms with Crippen LogP contribution in [-0.4, -0.2) is 37.2 Å². The van der Waals surface area contributed by atoms with Gasteiger partial charge in [-0.2, -0.15) is 0 Å². The van der Waals surface area contributed by atoms with Gasteiger partial charge >= 0.3 is 17.9 Å². The molecule has 0 heterocycles. The average Bonchev–Trinajstić information content (AvgIpc) is 3.24.